The second-order valence-corrected chi connectivity index (χ2v) is 9.24. The zero-order valence-electron chi connectivity index (χ0n) is 16.6. The Morgan fingerprint density at radius 1 is 1.22 bits per heavy atom. The summed E-state index contributed by atoms with van der Waals surface area (Å²) in [6.07, 6.45) is 3.32. The smallest absolute Gasteiger partial charge is 0.265 e. The van der Waals surface area contributed by atoms with Crippen LogP contribution in [-0.2, 0) is 4.79 Å². The van der Waals surface area contributed by atoms with E-state index in [1.165, 1.54) is 11.3 Å². The molecule has 2 aromatic rings. The van der Waals surface area contributed by atoms with E-state index in [0.717, 1.165) is 28.4 Å². The van der Waals surface area contributed by atoms with E-state index >= 15 is 0 Å². The molecule has 8 heteroatoms. The molecule has 0 atom stereocenters. The molecule has 1 saturated heterocycles. The molecule has 1 aliphatic heterocycles. The minimum Gasteiger partial charge on any atom is -0.338 e. The number of carbonyl (C=O) groups is 2. The maximum absolute atomic E-state index is 12.8. The maximum atomic E-state index is 12.8. The van der Waals surface area contributed by atoms with E-state index in [0.29, 0.717) is 18.9 Å². The number of anilines is 1. The number of likely N-dealkylation sites (tertiary alicyclic amines) is 1. The number of amides is 2. The first-order valence-electron chi connectivity index (χ1n) is 9.25. The highest BCUT2D eigenvalue weighted by atomic mass is 32.1. The summed E-state index contributed by atoms with van der Waals surface area (Å²) in [6, 6.07) is 1.99. The third kappa shape index (κ3) is 4.21. The lowest BCUT2D eigenvalue weighted by Gasteiger charge is -2.32. The van der Waals surface area contributed by atoms with Crippen molar-refractivity contribution < 1.29 is 9.59 Å². The van der Waals surface area contributed by atoms with Crippen LogP contribution in [0.15, 0.2) is 12.3 Å². The van der Waals surface area contributed by atoms with Crippen LogP contribution < -0.4 is 5.32 Å². The van der Waals surface area contributed by atoms with Crippen molar-refractivity contribution in [2.75, 3.05) is 18.4 Å². The van der Waals surface area contributed by atoms with E-state index in [1.54, 1.807) is 6.20 Å². The fourth-order valence-corrected chi connectivity index (χ4v) is 4.08. The van der Waals surface area contributed by atoms with Crippen molar-refractivity contribution in [3.05, 3.63) is 27.8 Å². The number of aryl methyl sites for hydroxylation is 2. The van der Waals surface area contributed by atoms with Gasteiger partial charge in [-0.25, -0.2) is 9.67 Å². The second-order valence-electron chi connectivity index (χ2n) is 8.04. The molecule has 1 aliphatic rings. The number of thiazole rings is 1. The lowest BCUT2D eigenvalue weighted by Crippen LogP contribution is -2.39. The SMILES string of the molecule is Cc1nc(C)c(C(=O)N2CCC(n3nccc3NC(=O)C(C)(C)C)CC2)s1. The van der Waals surface area contributed by atoms with Gasteiger partial charge in [-0.3, -0.25) is 9.59 Å². The number of nitrogens with one attached hydrogen (secondary N) is 1. The van der Waals surface area contributed by atoms with E-state index in [2.05, 4.69) is 15.4 Å². The first-order valence-corrected chi connectivity index (χ1v) is 10.1. The van der Waals surface area contributed by atoms with Crippen molar-refractivity contribution in [2.24, 2.45) is 5.41 Å². The Balaban J connectivity index is 1.65. The molecule has 0 aliphatic carbocycles. The maximum Gasteiger partial charge on any atom is 0.265 e. The van der Waals surface area contributed by atoms with Crippen LogP contribution in [0.25, 0.3) is 0 Å². The predicted octanol–water partition coefficient (Wildman–Crippen LogP) is 3.42. The van der Waals surface area contributed by atoms with Crippen LogP contribution in [0.5, 0.6) is 0 Å². The standard InChI is InChI=1S/C19H27N5O2S/c1-12-16(27-13(2)21-12)17(25)23-10-7-14(8-11-23)24-15(6-9-20-24)22-18(26)19(3,4)5/h6,9,14H,7-8,10-11H2,1-5H3,(H,22,26). The summed E-state index contributed by atoms with van der Waals surface area (Å²) in [5.74, 6) is 0.750. The molecule has 0 saturated carbocycles. The van der Waals surface area contributed by atoms with Crippen LogP contribution in [0.2, 0.25) is 0 Å². The highest BCUT2D eigenvalue weighted by molar-refractivity contribution is 7.13. The van der Waals surface area contributed by atoms with Gasteiger partial charge in [0.2, 0.25) is 5.91 Å². The fraction of sp³-hybridized carbons (Fsp3) is 0.579. The molecule has 27 heavy (non-hydrogen) atoms. The quantitative estimate of drug-likeness (QED) is 0.872. The molecular weight excluding hydrogens is 362 g/mol. The van der Waals surface area contributed by atoms with Gasteiger partial charge in [-0.05, 0) is 26.7 Å². The molecule has 7 nitrogen and oxygen atoms in total. The summed E-state index contributed by atoms with van der Waals surface area (Å²) in [7, 11) is 0. The van der Waals surface area contributed by atoms with Crippen LogP contribution in [0.3, 0.4) is 0 Å². The molecule has 1 N–H and O–H groups in total. The Hall–Kier alpha value is -2.22. The third-order valence-electron chi connectivity index (χ3n) is 4.79. The predicted molar refractivity (Wildman–Crippen MR) is 106 cm³/mol. The Labute approximate surface area is 163 Å². The summed E-state index contributed by atoms with van der Waals surface area (Å²) in [5.41, 5.74) is 0.346. The number of aromatic nitrogens is 3. The van der Waals surface area contributed by atoms with Gasteiger partial charge in [-0.1, -0.05) is 20.8 Å². The first-order chi connectivity index (χ1) is 12.7. The van der Waals surface area contributed by atoms with Crippen LogP contribution in [0.4, 0.5) is 5.82 Å². The number of rotatable bonds is 3. The average molecular weight is 390 g/mol. The zero-order chi connectivity index (χ0) is 19.8. The minimum absolute atomic E-state index is 0.0343. The third-order valence-corrected chi connectivity index (χ3v) is 5.85. The van der Waals surface area contributed by atoms with Gasteiger partial charge in [-0.15, -0.1) is 11.3 Å². The second kappa shape index (κ2) is 7.42. The first kappa shape index (κ1) is 19.5. The molecule has 0 radical (unpaired) electrons. The molecule has 3 heterocycles. The van der Waals surface area contributed by atoms with Crippen molar-refractivity contribution >= 4 is 29.0 Å². The largest absolute Gasteiger partial charge is 0.338 e. The molecule has 0 spiro atoms. The molecule has 0 aromatic carbocycles. The van der Waals surface area contributed by atoms with Crippen molar-refractivity contribution in [3.63, 3.8) is 0 Å². The number of carbonyl (C=O) groups excluding carboxylic acids is 2. The van der Waals surface area contributed by atoms with Crippen LogP contribution in [-0.4, -0.2) is 44.6 Å². The van der Waals surface area contributed by atoms with Crippen molar-refractivity contribution in [1.29, 1.82) is 0 Å². The number of nitrogens with zero attached hydrogens (tertiary/aromatic N) is 4. The lowest BCUT2D eigenvalue weighted by molar-refractivity contribution is -0.123. The van der Waals surface area contributed by atoms with E-state index in [9.17, 15) is 9.59 Å². The zero-order valence-corrected chi connectivity index (χ0v) is 17.4. The van der Waals surface area contributed by atoms with Gasteiger partial charge < -0.3 is 10.2 Å². The van der Waals surface area contributed by atoms with Crippen LogP contribution in [0.1, 0.15) is 60.0 Å². The Morgan fingerprint density at radius 2 is 1.89 bits per heavy atom. The van der Waals surface area contributed by atoms with Gasteiger partial charge in [0, 0.05) is 24.6 Å². The summed E-state index contributed by atoms with van der Waals surface area (Å²) >= 11 is 1.46. The van der Waals surface area contributed by atoms with Gasteiger partial charge in [0.05, 0.1) is 22.9 Å². The summed E-state index contributed by atoms with van der Waals surface area (Å²) in [6.45, 7) is 10.8. The van der Waals surface area contributed by atoms with E-state index in [4.69, 9.17) is 0 Å². The van der Waals surface area contributed by atoms with E-state index in [1.807, 2.05) is 50.3 Å². The molecule has 3 rings (SSSR count). The van der Waals surface area contributed by atoms with Gasteiger partial charge in [0.25, 0.3) is 5.91 Å². The summed E-state index contributed by atoms with van der Waals surface area (Å²) in [5, 5.41) is 8.30. The highest BCUT2D eigenvalue weighted by Crippen LogP contribution is 2.28. The highest BCUT2D eigenvalue weighted by Gasteiger charge is 2.29. The fourth-order valence-electron chi connectivity index (χ4n) is 3.19. The lowest BCUT2D eigenvalue weighted by atomic mass is 9.96. The van der Waals surface area contributed by atoms with Gasteiger partial charge in [-0.2, -0.15) is 5.10 Å². The number of hydrogen-bond acceptors (Lipinski definition) is 5. The van der Waals surface area contributed by atoms with Crippen molar-refractivity contribution in [1.82, 2.24) is 19.7 Å². The molecule has 2 aromatic heterocycles. The Kier molecular flexibility index (Phi) is 5.37. The monoisotopic (exact) mass is 389 g/mol. The molecule has 0 unspecified atom stereocenters. The Morgan fingerprint density at radius 3 is 2.44 bits per heavy atom. The minimum atomic E-state index is -0.463. The van der Waals surface area contributed by atoms with E-state index in [-0.39, 0.29) is 17.9 Å². The summed E-state index contributed by atoms with van der Waals surface area (Å²) < 4.78 is 1.88. The average Bonchev–Trinajstić information content (AvgIpc) is 3.19. The molecule has 146 valence electrons. The van der Waals surface area contributed by atoms with Gasteiger partial charge in [0.15, 0.2) is 0 Å². The van der Waals surface area contributed by atoms with Crippen LogP contribution >= 0.6 is 11.3 Å². The molecule has 0 bridgehead atoms. The molecule has 2 amide bonds. The normalized spacial score (nSPS) is 15.8. The van der Waals surface area contributed by atoms with Crippen molar-refractivity contribution in [3.8, 4) is 0 Å². The number of piperidine rings is 1. The molecular formula is C19H27N5O2S. The van der Waals surface area contributed by atoms with Crippen LogP contribution in [0, 0.1) is 19.3 Å². The van der Waals surface area contributed by atoms with Gasteiger partial charge >= 0.3 is 0 Å². The topological polar surface area (TPSA) is 80.1 Å². The van der Waals surface area contributed by atoms with E-state index < -0.39 is 5.41 Å². The number of hydrogen-bond donors (Lipinski definition) is 1. The van der Waals surface area contributed by atoms with Gasteiger partial charge in [0.1, 0.15) is 10.7 Å². The molecule has 1 fully saturated rings. The van der Waals surface area contributed by atoms with Crippen molar-refractivity contribution in [2.45, 2.75) is 53.5 Å². The summed E-state index contributed by atoms with van der Waals surface area (Å²) in [4.78, 5) is 32.0. The Bertz CT molecular complexity index is 841.